The molecule has 1 unspecified atom stereocenters. The van der Waals surface area contributed by atoms with Gasteiger partial charge < -0.3 is 10.0 Å². The summed E-state index contributed by atoms with van der Waals surface area (Å²) in [7, 11) is 4.43. The first-order chi connectivity index (χ1) is 14.6. The molecule has 0 aromatic rings. The van der Waals surface area contributed by atoms with Gasteiger partial charge >= 0.3 is 0 Å². The van der Waals surface area contributed by atoms with E-state index < -0.39 is 0 Å². The van der Waals surface area contributed by atoms with E-state index in [0.29, 0.717) is 0 Å². The summed E-state index contributed by atoms with van der Waals surface area (Å²) >= 11 is 0. The molecule has 1 saturated carbocycles. The van der Waals surface area contributed by atoms with E-state index in [0.717, 1.165) is 12.8 Å². The van der Waals surface area contributed by atoms with E-state index in [1.165, 1.54) is 135 Å². The largest absolute Gasteiger partial charge is 0.393 e. The maximum atomic E-state index is 10.6. The molecule has 1 fully saturated rings. The fourth-order valence-electron chi connectivity index (χ4n) is 5.51. The van der Waals surface area contributed by atoms with Gasteiger partial charge in [-0.25, -0.2) is 0 Å². The highest BCUT2D eigenvalue weighted by Gasteiger charge is 2.35. The molecular formula is C28H57NO. The van der Waals surface area contributed by atoms with E-state index in [-0.39, 0.29) is 11.6 Å². The Bertz CT molecular complexity index is 362. The van der Waals surface area contributed by atoms with Gasteiger partial charge in [-0.1, -0.05) is 129 Å². The van der Waals surface area contributed by atoms with Crippen molar-refractivity contribution in [3.8, 4) is 0 Å². The second-order valence-corrected chi connectivity index (χ2v) is 10.6. The molecule has 1 aliphatic rings. The molecule has 1 atom stereocenters. The van der Waals surface area contributed by atoms with Gasteiger partial charge in [0.05, 0.1) is 6.10 Å². The summed E-state index contributed by atoms with van der Waals surface area (Å²) < 4.78 is 0. The Morgan fingerprint density at radius 1 is 0.633 bits per heavy atom. The fourth-order valence-corrected chi connectivity index (χ4v) is 5.51. The predicted octanol–water partition coefficient (Wildman–Crippen LogP) is 8.65. The van der Waals surface area contributed by atoms with Crippen molar-refractivity contribution in [2.45, 2.75) is 166 Å². The molecule has 180 valence electrons. The van der Waals surface area contributed by atoms with Crippen LogP contribution in [0.25, 0.3) is 0 Å². The van der Waals surface area contributed by atoms with E-state index in [1.807, 2.05) is 0 Å². The predicted molar refractivity (Wildman–Crippen MR) is 134 cm³/mol. The van der Waals surface area contributed by atoms with E-state index in [1.54, 1.807) is 0 Å². The third-order valence-corrected chi connectivity index (χ3v) is 7.74. The Hall–Kier alpha value is -0.0800. The number of hydrogen-bond acceptors (Lipinski definition) is 2. The zero-order chi connectivity index (χ0) is 21.9. The highest BCUT2D eigenvalue weighted by Crippen LogP contribution is 2.36. The van der Waals surface area contributed by atoms with Crippen LogP contribution in [0.5, 0.6) is 0 Å². The Labute approximate surface area is 190 Å². The van der Waals surface area contributed by atoms with Gasteiger partial charge in [0.2, 0.25) is 0 Å². The molecule has 0 bridgehead atoms. The molecule has 0 aliphatic heterocycles. The van der Waals surface area contributed by atoms with Gasteiger partial charge in [-0.3, -0.25) is 0 Å². The van der Waals surface area contributed by atoms with Crippen molar-refractivity contribution in [1.29, 1.82) is 0 Å². The molecule has 0 aromatic carbocycles. The van der Waals surface area contributed by atoms with Crippen LogP contribution >= 0.6 is 0 Å². The Kier molecular flexibility index (Phi) is 17.2. The maximum absolute atomic E-state index is 10.6. The first kappa shape index (κ1) is 28.0. The second-order valence-electron chi connectivity index (χ2n) is 10.6. The van der Waals surface area contributed by atoms with Gasteiger partial charge in [0.25, 0.3) is 0 Å². The lowest BCUT2D eigenvalue weighted by atomic mass is 9.76. The van der Waals surface area contributed by atoms with Gasteiger partial charge in [-0.05, 0) is 39.8 Å². The van der Waals surface area contributed by atoms with E-state index in [2.05, 4.69) is 25.9 Å². The van der Waals surface area contributed by atoms with E-state index in [4.69, 9.17) is 0 Å². The minimum Gasteiger partial charge on any atom is -0.393 e. The topological polar surface area (TPSA) is 23.5 Å². The monoisotopic (exact) mass is 423 g/mol. The number of rotatable bonds is 20. The molecule has 1 aliphatic carbocycles. The molecule has 0 saturated heterocycles. The Morgan fingerprint density at radius 3 is 1.43 bits per heavy atom. The van der Waals surface area contributed by atoms with Crippen LogP contribution in [-0.4, -0.2) is 35.7 Å². The minimum atomic E-state index is -0.0999. The van der Waals surface area contributed by atoms with Crippen molar-refractivity contribution in [1.82, 2.24) is 4.90 Å². The standard InChI is InChI=1S/C28H57NO/c1-4-5-6-7-8-9-10-11-12-13-14-15-16-17-18-20-23-27(30)26-28(29(2)3)24-21-19-22-25-28/h27,30H,4-26H2,1-3H3. The zero-order valence-electron chi connectivity index (χ0n) is 21.2. The average molecular weight is 424 g/mol. The quantitative estimate of drug-likeness (QED) is 0.198. The highest BCUT2D eigenvalue weighted by molar-refractivity contribution is 4.92. The summed E-state index contributed by atoms with van der Waals surface area (Å²) in [6.07, 6.45) is 31.1. The first-order valence-electron chi connectivity index (χ1n) is 14.0. The fraction of sp³-hybridized carbons (Fsp3) is 1.00. The zero-order valence-corrected chi connectivity index (χ0v) is 21.2. The van der Waals surface area contributed by atoms with E-state index >= 15 is 0 Å². The van der Waals surface area contributed by atoms with Gasteiger partial charge in [0, 0.05) is 5.54 Å². The molecule has 30 heavy (non-hydrogen) atoms. The van der Waals surface area contributed by atoms with Crippen molar-refractivity contribution in [3.05, 3.63) is 0 Å². The summed E-state index contributed by atoms with van der Waals surface area (Å²) in [5.41, 5.74) is 0.271. The number of nitrogens with zero attached hydrogens (tertiary/aromatic N) is 1. The van der Waals surface area contributed by atoms with E-state index in [9.17, 15) is 5.11 Å². The summed E-state index contributed by atoms with van der Waals surface area (Å²) in [4.78, 5) is 2.41. The first-order valence-corrected chi connectivity index (χ1v) is 14.0. The molecule has 0 radical (unpaired) electrons. The molecule has 2 heteroatoms. The van der Waals surface area contributed by atoms with Crippen LogP contribution in [0.1, 0.15) is 155 Å². The summed E-state index contributed by atoms with van der Waals surface area (Å²) in [6.45, 7) is 2.30. The van der Waals surface area contributed by atoms with Gasteiger partial charge in [-0.2, -0.15) is 0 Å². The lowest BCUT2D eigenvalue weighted by Crippen LogP contribution is -2.48. The molecule has 0 spiro atoms. The number of hydrogen-bond donors (Lipinski definition) is 1. The molecule has 0 amide bonds. The average Bonchev–Trinajstić information content (AvgIpc) is 2.74. The Morgan fingerprint density at radius 2 is 1.03 bits per heavy atom. The molecule has 1 N–H and O–H groups in total. The van der Waals surface area contributed by atoms with Crippen molar-refractivity contribution < 1.29 is 5.11 Å². The van der Waals surface area contributed by atoms with Crippen molar-refractivity contribution >= 4 is 0 Å². The third-order valence-electron chi connectivity index (χ3n) is 7.74. The van der Waals surface area contributed by atoms with Crippen LogP contribution < -0.4 is 0 Å². The molecule has 2 nitrogen and oxygen atoms in total. The molecule has 0 aromatic heterocycles. The van der Waals surface area contributed by atoms with Crippen LogP contribution in [0, 0.1) is 0 Å². The Balaban J connectivity index is 1.87. The van der Waals surface area contributed by atoms with Crippen molar-refractivity contribution in [2.24, 2.45) is 0 Å². The van der Waals surface area contributed by atoms with Gasteiger partial charge in [-0.15, -0.1) is 0 Å². The van der Waals surface area contributed by atoms with Gasteiger partial charge in [0.15, 0.2) is 0 Å². The van der Waals surface area contributed by atoms with Crippen LogP contribution in [0.2, 0.25) is 0 Å². The van der Waals surface area contributed by atoms with Crippen LogP contribution in [0.4, 0.5) is 0 Å². The summed E-state index contributed by atoms with van der Waals surface area (Å²) in [5, 5.41) is 10.6. The second kappa shape index (κ2) is 18.5. The SMILES string of the molecule is CCCCCCCCCCCCCCCCCCC(O)CC1(N(C)C)CCCCC1. The smallest absolute Gasteiger partial charge is 0.0557 e. The summed E-state index contributed by atoms with van der Waals surface area (Å²) in [6, 6.07) is 0. The minimum absolute atomic E-state index is 0.0999. The van der Waals surface area contributed by atoms with Crippen LogP contribution in [0.15, 0.2) is 0 Å². The third kappa shape index (κ3) is 13.4. The summed E-state index contributed by atoms with van der Waals surface area (Å²) in [5.74, 6) is 0. The number of unbranched alkanes of at least 4 members (excludes halogenated alkanes) is 15. The van der Waals surface area contributed by atoms with Gasteiger partial charge in [0.1, 0.15) is 0 Å². The van der Waals surface area contributed by atoms with Crippen molar-refractivity contribution in [3.63, 3.8) is 0 Å². The van der Waals surface area contributed by atoms with Crippen LogP contribution in [-0.2, 0) is 0 Å². The molecular weight excluding hydrogens is 366 g/mol. The number of aliphatic hydroxyl groups is 1. The van der Waals surface area contributed by atoms with Crippen LogP contribution in [0.3, 0.4) is 0 Å². The normalized spacial score (nSPS) is 17.5. The molecule has 0 heterocycles. The maximum Gasteiger partial charge on any atom is 0.0557 e. The lowest BCUT2D eigenvalue weighted by molar-refractivity contribution is 0.0290. The molecule has 1 rings (SSSR count). The highest BCUT2D eigenvalue weighted by atomic mass is 16.3. The number of aliphatic hydroxyl groups excluding tert-OH is 1. The lowest BCUT2D eigenvalue weighted by Gasteiger charge is -2.44. The van der Waals surface area contributed by atoms with Crippen molar-refractivity contribution in [2.75, 3.05) is 14.1 Å².